The van der Waals surface area contributed by atoms with Crippen LogP contribution in [0.5, 0.6) is 0 Å². The van der Waals surface area contributed by atoms with Crippen molar-refractivity contribution >= 4 is 43.4 Å². The van der Waals surface area contributed by atoms with Crippen molar-refractivity contribution in [2.45, 2.75) is 0 Å². The highest BCUT2D eigenvalue weighted by atomic mass is 14.7. The van der Waals surface area contributed by atoms with E-state index in [1.54, 1.807) is 0 Å². The van der Waals surface area contributed by atoms with E-state index >= 15 is 0 Å². The summed E-state index contributed by atoms with van der Waals surface area (Å²) in [5.41, 5.74) is 10.4. The van der Waals surface area contributed by atoms with Gasteiger partial charge < -0.3 is 0 Å². The Bertz CT molecular complexity index is 2500. The van der Waals surface area contributed by atoms with Gasteiger partial charge in [-0.1, -0.05) is 133 Å². The van der Waals surface area contributed by atoms with Crippen LogP contribution in [0.25, 0.3) is 88.2 Å². The van der Waals surface area contributed by atoms with Crippen molar-refractivity contribution in [1.82, 2.24) is 15.0 Å². The van der Waals surface area contributed by atoms with E-state index < -0.39 is 0 Å². The van der Waals surface area contributed by atoms with Gasteiger partial charge in [-0.25, -0.2) is 9.97 Å². The molecule has 214 valence electrons. The Hall–Kier alpha value is -6.19. The van der Waals surface area contributed by atoms with E-state index in [1.807, 2.05) is 24.4 Å². The molecule has 0 aliphatic heterocycles. The first kappa shape index (κ1) is 26.2. The van der Waals surface area contributed by atoms with Crippen LogP contribution >= 0.6 is 0 Å². The molecule has 0 spiro atoms. The molecule has 0 N–H and O–H groups in total. The van der Waals surface area contributed by atoms with Crippen molar-refractivity contribution < 1.29 is 0 Å². The van der Waals surface area contributed by atoms with E-state index in [-0.39, 0.29) is 0 Å². The number of benzene rings is 6. The average molecular weight is 586 g/mol. The van der Waals surface area contributed by atoms with Gasteiger partial charge in [0.05, 0.1) is 28.1 Å². The number of hydrogen-bond donors (Lipinski definition) is 0. The monoisotopic (exact) mass is 585 g/mol. The zero-order valence-electron chi connectivity index (χ0n) is 24.9. The van der Waals surface area contributed by atoms with Crippen LogP contribution in [0.2, 0.25) is 0 Å². The van der Waals surface area contributed by atoms with Crippen LogP contribution in [0.15, 0.2) is 164 Å². The van der Waals surface area contributed by atoms with Crippen LogP contribution in [0.3, 0.4) is 0 Å². The number of hydrogen-bond acceptors (Lipinski definition) is 3. The Morgan fingerprint density at radius 1 is 0.370 bits per heavy atom. The molecule has 46 heavy (non-hydrogen) atoms. The Labute approximate surface area is 266 Å². The molecule has 0 unspecified atom stereocenters. The van der Waals surface area contributed by atoms with Gasteiger partial charge in [-0.05, 0) is 40.8 Å². The van der Waals surface area contributed by atoms with Gasteiger partial charge >= 0.3 is 0 Å². The van der Waals surface area contributed by atoms with Crippen molar-refractivity contribution in [2.24, 2.45) is 0 Å². The standard InChI is InChI=1S/C43H27N3/c1-3-10-29(11-4-1)38-26-34(27-39(45-38)30-12-5-2-6-13-30)28-17-20-33(21-18-28)42-36-24-23-31-19-22-32-14-9-25-44-43(32)40(31)41(36)35-15-7-8-16-37(35)46-42/h1-27H. The second kappa shape index (κ2) is 10.8. The summed E-state index contributed by atoms with van der Waals surface area (Å²) in [4.78, 5) is 15.1. The first-order chi connectivity index (χ1) is 22.8. The predicted octanol–water partition coefficient (Wildman–Crippen LogP) is 11.2. The number of pyridine rings is 3. The SMILES string of the molecule is c1ccc(-c2cc(-c3ccc(-c4nc5ccccc5c5c4ccc4ccc6cccnc6c45)cc3)cc(-c3ccccc3)n2)cc1. The molecule has 9 rings (SSSR count). The van der Waals surface area contributed by atoms with Gasteiger partial charge in [-0.2, -0.15) is 0 Å². The largest absolute Gasteiger partial charge is 0.256 e. The fourth-order valence-electron chi connectivity index (χ4n) is 6.65. The fourth-order valence-corrected chi connectivity index (χ4v) is 6.65. The first-order valence-corrected chi connectivity index (χ1v) is 15.5. The molecule has 0 aliphatic rings. The summed E-state index contributed by atoms with van der Waals surface area (Å²) in [6, 6.07) is 55.3. The number of fused-ring (bicyclic) bond motifs is 7. The van der Waals surface area contributed by atoms with E-state index in [4.69, 9.17) is 15.0 Å². The third kappa shape index (κ3) is 4.41. The van der Waals surface area contributed by atoms with Crippen LogP contribution in [0.1, 0.15) is 0 Å². The van der Waals surface area contributed by atoms with Gasteiger partial charge in [-0.3, -0.25) is 4.98 Å². The first-order valence-electron chi connectivity index (χ1n) is 15.5. The molecule has 3 heterocycles. The zero-order chi connectivity index (χ0) is 30.5. The molecule has 0 bridgehead atoms. The van der Waals surface area contributed by atoms with Crippen molar-refractivity contribution in [3.8, 4) is 44.9 Å². The molecule has 0 radical (unpaired) electrons. The maximum absolute atomic E-state index is 5.24. The second-order valence-corrected chi connectivity index (χ2v) is 11.6. The van der Waals surface area contributed by atoms with Gasteiger partial charge in [-0.15, -0.1) is 0 Å². The highest BCUT2D eigenvalue weighted by molar-refractivity contribution is 6.28. The minimum atomic E-state index is 0.955. The maximum atomic E-state index is 5.24. The molecule has 0 aliphatic carbocycles. The quantitative estimate of drug-likeness (QED) is 0.193. The fraction of sp³-hybridized carbons (Fsp3) is 0. The third-order valence-corrected chi connectivity index (χ3v) is 8.87. The Morgan fingerprint density at radius 3 is 1.74 bits per heavy atom. The molecule has 3 heteroatoms. The summed E-state index contributed by atoms with van der Waals surface area (Å²) < 4.78 is 0. The smallest absolute Gasteiger partial charge is 0.0788 e. The normalized spacial score (nSPS) is 11.5. The topological polar surface area (TPSA) is 38.7 Å². The van der Waals surface area contributed by atoms with E-state index in [1.165, 1.54) is 16.2 Å². The third-order valence-electron chi connectivity index (χ3n) is 8.87. The average Bonchev–Trinajstić information content (AvgIpc) is 3.14. The maximum Gasteiger partial charge on any atom is 0.0788 e. The molecule has 0 fully saturated rings. The Kier molecular flexibility index (Phi) is 6.14. The molecular weight excluding hydrogens is 558 g/mol. The minimum absolute atomic E-state index is 0.955. The molecule has 3 aromatic heterocycles. The number of aromatic nitrogens is 3. The Balaban J connectivity index is 1.23. The van der Waals surface area contributed by atoms with Gasteiger partial charge in [0.25, 0.3) is 0 Å². The van der Waals surface area contributed by atoms with Crippen LogP contribution in [-0.4, -0.2) is 15.0 Å². The minimum Gasteiger partial charge on any atom is -0.256 e. The number of rotatable bonds is 4. The molecule has 0 amide bonds. The van der Waals surface area contributed by atoms with Crippen LogP contribution in [0.4, 0.5) is 0 Å². The number of nitrogens with zero attached hydrogens (tertiary/aromatic N) is 3. The summed E-state index contributed by atoms with van der Waals surface area (Å²) in [6.07, 6.45) is 1.88. The number of para-hydroxylation sites is 1. The molecule has 0 saturated carbocycles. The van der Waals surface area contributed by atoms with E-state index in [2.05, 4.69) is 140 Å². The van der Waals surface area contributed by atoms with E-state index in [9.17, 15) is 0 Å². The van der Waals surface area contributed by atoms with Gasteiger partial charge in [0.1, 0.15) is 0 Å². The molecule has 9 aromatic rings. The van der Waals surface area contributed by atoms with Crippen LogP contribution in [-0.2, 0) is 0 Å². The second-order valence-electron chi connectivity index (χ2n) is 11.6. The summed E-state index contributed by atoms with van der Waals surface area (Å²) in [6.45, 7) is 0. The zero-order valence-corrected chi connectivity index (χ0v) is 24.9. The summed E-state index contributed by atoms with van der Waals surface area (Å²) in [5, 5.41) is 6.94. The highest BCUT2D eigenvalue weighted by Crippen LogP contribution is 2.40. The lowest BCUT2D eigenvalue weighted by atomic mass is 9.93. The van der Waals surface area contributed by atoms with Crippen LogP contribution < -0.4 is 0 Å². The molecule has 3 nitrogen and oxygen atoms in total. The van der Waals surface area contributed by atoms with Gasteiger partial charge in [0, 0.05) is 49.8 Å². The Morgan fingerprint density at radius 2 is 1.00 bits per heavy atom. The summed E-state index contributed by atoms with van der Waals surface area (Å²) >= 11 is 0. The molecule has 6 aromatic carbocycles. The van der Waals surface area contributed by atoms with E-state index in [0.717, 1.165) is 72.1 Å². The van der Waals surface area contributed by atoms with E-state index in [0.29, 0.717) is 0 Å². The van der Waals surface area contributed by atoms with Gasteiger partial charge in [0.15, 0.2) is 0 Å². The highest BCUT2D eigenvalue weighted by Gasteiger charge is 2.16. The van der Waals surface area contributed by atoms with Crippen molar-refractivity contribution in [3.05, 3.63) is 164 Å². The van der Waals surface area contributed by atoms with Gasteiger partial charge in [0.2, 0.25) is 0 Å². The lowest BCUT2D eigenvalue weighted by molar-refractivity contribution is 1.32. The molecular formula is C43H27N3. The van der Waals surface area contributed by atoms with Crippen molar-refractivity contribution in [2.75, 3.05) is 0 Å². The predicted molar refractivity (Wildman–Crippen MR) is 192 cm³/mol. The van der Waals surface area contributed by atoms with Crippen LogP contribution in [0, 0.1) is 0 Å². The lowest BCUT2D eigenvalue weighted by Crippen LogP contribution is -1.93. The van der Waals surface area contributed by atoms with Crippen molar-refractivity contribution in [1.29, 1.82) is 0 Å². The molecule has 0 atom stereocenters. The summed E-state index contributed by atoms with van der Waals surface area (Å²) in [7, 11) is 0. The summed E-state index contributed by atoms with van der Waals surface area (Å²) in [5.74, 6) is 0. The lowest BCUT2D eigenvalue weighted by Gasteiger charge is -2.14. The molecule has 0 saturated heterocycles. The van der Waals surface area contributed by atoms with Crippen molar-refractivity contribution in [3.63, 3.8) is 0 Å².